The summed E-state index contributed by atoms with van der Waals surface area (Å²) < 4.78 is 0. The Balaban J connectivity index is 1.90. The van der Waals surface area contributed by atoms with Crippen molar-refractivity contribution in [3.05, 3.63) is 34.9 Å². The van der Waals surface area contributed by atoms with Gasteiger partial charge in [0, 0.05) is 30.6 Å². The average Bonchev–Trinajstić information content (AvgIpc) is 2.54. The monoisotopic (exact) mass is 238 g/mol. The lowest BCUT2D eigenvalue weighted by Gasteiger charge is -2.15. The van der Waals surface area contributed by atoms with Crippen LogP contribution >= 0.6 is 11.6 Å². The van der Waals surface area contributed by atoms with Crippen molar-refractivity contribution in [2.45, 2.75) is 18.9 Å². The van der Waals surface area contributed by atoms with Gasteiger partial charge in [0.25, 0.3) is 0 Å². The summed E-state index contributed by atoms with van der Waals surface area (Å²) >= 11 is 5.89. The molecule has 0 aromatic heterocycles. The molecule has 0 spiro atoms. The van der Waals surface area contributed by atoms with Gasteiger partial charge in [-0.15, -0.1) is 0 Å². The summed E-state index contributed by atoms with van der Waals surface area (Å²) in [6, 6.07) is 7.73. The second kappa shape index (κ2) is 4.85. The highest BCUT2D eigenvalue weighted by molar-refractivity contribution is 6.30. The number of nitrogens with two attached hydrogens (primary N) is 1. The molecule has 1 amide bonds. The largest absolute Gasteiger partial charge is 0.341 e. The quantitative estimate of drug-likeness (QED) is 0.866. The van der Waals surface area contributed by atoms with Gasteiger partial charge >= 0.3 is 0 Å². The van der Waals surface area contributed by atoms with Crippen LogP contribution < -0.4 is 5.73 Å². The second-order valence-electron chi connectivity index (χ2n) is 4.18. The van der Waals surface area contributed by atoms with Crippen LogP contribution in [0.4, 0.5) is 0 Å². The molecule has 2 N–H and O–H groups in total. The van der Waals surface area contributed by atoms with Gasteiger partial charge in [0.05, 0.1) is 0 Å². The minimum atomic E-state index is 0.00635. The number of carbonyl (C=O) groups excluding carboxylic acids is 1. The first kappa shape index (κ1) is 11.4. The smallest absolute Gasteiger partial charge is 0.224 e. The molecule has 1 atom stereocenters. The van der Waals surface area contributed by atoms with Gasteiger partial charge in [0.1, 0.15) is 0 Å². The number of amides is 1. The Morgan fingerprint density at radius 3 is 2.94 bits per heavy atom. The van der Waals surface area contributed by atoms with Crippen molar-refractivity contribution in [3.8, 4) is 0 Å². The van der Waals surface area contributed by atoms with E-state index in [9.17, 15) is 4.79 Å². The van der Waals surface area contributed by atoms with E-state index in [1.807, 2.05) is 29.2 Å². The summed E-state index contributed by atoms with van der Waals surface area (Å²) in [5.74, 6) is 0.162. The first-order valence-corrected chi connectivity index (χ1v) is 5.81. The summed E-state index contributed by atoms with van der Waals surface area (Å²) in [6.45, 7) is 1.41. The zero-order valence-corrected chi connectivity index (χ0v) is 9.78. The van der Waals surface area contributed by atoms with E-state index in [0.29, 0.717) is 13.0 Å². The van der Waals surface area contributed by atoms with E-state index in [0.717, 1.165) is 23.6 Å². The molecule has 0 saturated carbocycles. The SMILES string of the molecule is N[C@H]1CC(=O)N(CCc2cccc(Cl)c2)C1. The number of rotatable bonds is 3. The van der Waals surface area contributed by atoms with Gasteiger partial charge in [-0.2, -0.15) is 0 Å². The van der Waals surface area contributed by atoms with Gasteiger partial charge in [-0.3, -0.25) is 4.79 Å². The predicted octanol–water partition coefficient (Wildman–Crippen LogP) is 1.44. The lowest BCUT2D eigenvalue weighted by atomic mass is 10.1. The third-order valence-corrected chi connectivity index (χ3v) is 3.04. The molecule has 1 aliphatic heterocycles. The zero-order chi connectivity index (χ0) is 11.5. The van der Waals surface area contributed by atoms with E-state index >= 15 is 0 Å². The maximum atomic E-state index is 11.5. The molecule has 1 fully saturated rings. The van der Waals surface area contributed by atoms with Crippen molar-refractivity contribution >= 4 is 17.5 Å². The standard InChI is InChI=1S/C12H15ClN2O/c13-10-3-1-2-9(6-10)4-5-15-8-11(14)7-12(15)16/h1-3,6,11H,4-5,7-8,14H2/t11-/m0/s1. The summed E-state index contributed by atoms with van der Waals surface area (Å²) in [5, 5.41) is 0.738. The van der Waals surface area contributed by atoms with Crippen LogP contribution in [0.15, 0.2) is 24.3 Å². The minimum absolute atomic E-state index is 0.00635. The van der Waals surface area contributed by atoms with E-state index < -0.39 is 0 Å². The summed E-state index contributed by atoms with van der Waals surface area (Å²) in [5.41, 5.74) is 6.88. The lowest BCUT2D eigenvalue weighted by molar-refractivity contribution is -0.127. The Bertz CT molecular complexity index is 394. The van der Waals surface area contributed by atoms with Gasteiger partial charge in [0.2, 0.25) is 5.91 Å². The molecule has 2 rings (SSSR count). The number of hydrogen-bond donors (Lipinski definition) is 1. The Morgan fingerprint density at radius 2 is 2.31 bits per heavy atom. The molecule has 1 heterocycles. The lowest BCUT2D eigenvalue weighted by Crippen LogP contribution is -2.30. The molecule has 0 radical (unpaired) electrons. The van der Waals surface area contributed by atoms with E-state index in [-0.39, 0.29) is 11.9 Å². The maximum absolute atomic E-state index is 11.5. The molecule has 1 aromatic carbocycles. The third-order valence-electron chi connectivity index (χ3n) is 2.80. The molecule has 0 unspecified atom stereocenters. The van der Waals surface area contributed by atoms with Gasteiger partial charge in [0.15, 0.2) is 0 Å². The van der Waals surface area contributed by atoms with Crippen LogP contribution in [0, 0.1) is 0 Å². The Hall–Kier alpha value is -1.06. The van der Waals surface area contributed by atoms with E-state index in [1.165, 1.54) is 0 Å². The summed E-state index contributed by atoms with van der Waals surface area (Å²) in [7, 11) is 0. The number of carbonyl (C=O) groups is 1. The molecule has 0 bridgehead atoms. The average molecular weight is 239 g/mol. The Kier molecular flexibility index (Phi) is 3.46. The normalized spacial score (nSPS) is 20.5. The molecule has 1 aromatic rings. The van der Waals surface area contributed by atoms with E-state index in [1.54, 1.807) is 0 Å². The first-order chi connectivity index (χ1) is 7.65. The number of hydrogen-bond acceptors (Lipinski definition) is 2. The highest BCUT2D eigenvalue weighted by Gasteiger charge is 2.26. The molecule has 1 saturated heterocycles. The van der Waals surface area contributed by atoms with E-state index in [4.69, 9.17) is 17.3 Å². The fourth-order valence-electron chi connectivity index (χ4n) is 1.98. The van der Waals surface area contributed by atoms with Crippen molar-refractivity contribution in [2.24, 2.45) is 5.73 Å². The fourth-order valence-corrected chi connectivity index (χ4v) is 2.19. The van der Waals surface area contributed by atoms with Gasteiger partial charge < -0.3 is 10.6 Å². The van der Waals surface area contributed by atoms with Crippen LogP contribution in [0.2, 0.25) is 5.02 Å². The fraction of sp³-hybridized carbons (Fsp3) is 0.417. The first-order valence-electron chi connectivity index (χ1n) is 5.43. The van der Waals surface area contributed by atoms with Crippen molar-refractivity contribution in [1.82, 2.24) is 4.90 Å². The molecule has 4 heteroatoms. The number of nitrogens with zero attached hydrogens (tertiary/aromatic N) is 1. The van der Waals surface area contributed by atoms with E-state index in [2.05, 4.69) is 0 Å². The molecule has 0 aliphatic carbocycles. The van der Waals surface area contributed by atoms with Crippen molar-refractivity contribution < 1.29 is 4.79 Å². The number of benzene rings is 1. The van der Waals surface area contributed by atoms with Crippen LogP contribution in [-0.2, 0) is 11.2 Å². The predicted molar refractivity (Wildman–Crippen MR) is 64.3 cm³/mol. The minimum Gasteiger partial charge on any atom is -0.341 e. The topological polar surface area (TPSA) is 46.3 Å². The summed E-state index contributed by atoms with van der Waals surface area (Å²) in [6.07, 6.45) is 1.31. The molecule has 86 valence electrons. The van der Waals surface area contributed by atoms with Crippen LogP contribution in [0.25, 0.3) is 0 Å². The second-order valence-corrected chi connectivity index (χ2v) is 4.62. The van der Waals surface area contributed by atoms with Crippen LogP contribution in [0.3, 0.4) is 0 Å². The highest BCUT2D eigenvalue weighted by Crippen LogP contribution is 2.13. The maximum Gasteiger partial charge on any atom is 0.224 e. The number of likely N-dealkylation sites (tertiary alicyclic amines) is 1. The van der Waals surface area contributed by atoms with Gasteiger partial charge in [-0.05, 0) is 24.1 Å². The van der Waals surface area contributed by atoms with Gasteiger partial charge in [-0.25, -0.2) is 0 Å². The van der Waals surface area contributed by atoms with Crippen LogP contribution in [0.1, 0.15) is 12.0 Å². The highest BCUT2D eigenvalue weighted by atomic mass is 35.5. The Morgan fingerprint density at radius 1 is 1.50 bits per heavy atom. The zero-order valence-electron chi connectivity index (χ0n) is 9.03. The molecular formula is C12H15ClN2O. The Labute approximate surface area is 100 Å². The number of halogens is 1. The van der Waals surface area contributed by atoms with Gasteiger partial charge in [-0.1, -0.05) is 23.7 Å². The van der Waals surface area contributed by atoms with Crippen molar-refractivity contribution in [2.75, 3.05) is 13.1 Å². The molecule has 16 heavy (non-hydrogen) atoms. The van der Waals surface area contributed by atoms with Crippen LogP contribution in [0.5, 0.6) is 0 Å². The molecule has 3 nitrogen and oxygen atoms in total. The van der Waals surface area contributed by atoms with Crippen molar-refractivity contribution in [1.29, 1.82) is 0 Å². The van der Waals surface area contributed by atoms with Crippen molar-refractivity contribution in [3.63, 3.8) is 0 Å². The molecule has 1 aliphatic rings. The molecular weight excluding hydrogens is 224 g/mol. The third kappa shape index (κ3) is 2.74. The summed E-state index contributed by atoms with van der Waals surface area (Å²) in [4.78, 5) is 13.3. The van der Waals surface area contributed by atoms with Crippen LogP contribution in [-0.4, -0.2) is 29.9 Å².